The third kappa shape index (κ3) is 3.28. The number of pyridine rings is 1. The first-order chi connectivity index (χ1) is 9.50. The molecule has 0 unspecified atom stereocenters. The summed E-state index contributed by atoms with van der Waals surface area (Å²) in [5, 5.41) is -0.233. The van der Waals surface area contributed by atoms with E-state index in [9.17, 15) is 13.2 Å². The van der Waals surface area contributed by atoms with Crippen LogP contribution in [0.2, 0.25) is 0 Å². The SMILES string of the molecule is CC(=O)c1cccnc1S(=O)(=O)NCc1ccccc1. The zero-order valence-corrected chi connectivity index (χ0v) is 11.7. The molecule has 0 aliphatic heterocycles. The van der Waals surface area contributed by atoms with E-state index < -0.39 is 10.0 Å². The van der Waals surface area contributed by atoms with Gasteiger partial charge in [-0.3, -0.25) is 4.79 Å². The van der Waals surface area contributed by atoms with Crippen molar-refractivity contribution in [3.05, 3.63) is 59.8 Å². The quantitative estimate of drug-likeness (QED) is 0.851. The normalized spacial score (nSPS) is 11.2. The maximum Gasteiger partial charge on any atom is 0.259 e. The Morgan fingerprint density at radius 1 is 1.15 bits per heavy atom. The minimum atomic E-state index is -3.82. The van der Waals surface area contributed by atoms with Gasteiger partial charge in [-0.15, -0.1) is 0 Å². The molecular formula is C14H14N2O3S. The van der Waals surface area contributed by atoms with E-state index in [2.05, 4.69) is 9.71 Å². The summed E-state index contributed by atoms with van der Waals surface area (Å²) in [5.41, 5.74) is 0.921. The molecule has 0 saturated carbocycles. The standard InChI is InChI=1S/C14H14N2O3S/c1-11(17)13-8-5-9-15-14(13)20(18,19)16-10-12-6-3-2-4-7-12/h2-9,16H,10H2,1H3. The molecule has 5 nitrogen and oxygen atoms in total. The first kappa shape index (κ1) is 14.4. The average molecular weight is 290 g/mol. The molecule has 0 atom stereocenters. The van der Waals surface area contributed by atoms with Crippen molar-refractivity contribution in [1.82, 2.24) is 9.71 Å². The molecule has 0 fully saturated rings. The molecular weight excluding hydrogens is 276 g/mol. The molecule has 104 valence electrons. The van der Waals surface area contributed by atoms with E-state index in [1.165, 1.54) is 25.3 Å². The molecule has 0 saturated heterocycles. The van der Waals surface area contributed by atoms with Crippen molar-refractivity contribution in [2.24, 2.45) is 0 Å². The predicted molar refractivity (Wildman–Crippen MR) is 74.7 cm³/mol. The first-order valence-electron chi connectivity index (χ1n) is 6.00. The molecule has 2 rings (SSSR count). The molecule has 0 aliphatic carbocycles. The molecule has 1 aromatic carbocycles. The van der Waals surface area contributed by atoms with Gasteiger partial charge in [0.25, 0.3) is 10.0 Å². The fraction of sp³-hybridized carbons (Fsp3) is 0.143. The lowest BCUT2D eigenvalue weighted by molar-refractivity contribution is 0.101. The van der Waals surface area contributed by atoms with E-state index >= 15 is 0 Å². The van der Waals surface area contributed by atoms with Crippen molar-refractivity contribution >= 4 is 15.8 Å². The van der Waals surface area contributed by atoms with Gasteiger partial charge < -0.3 is 0 Å². The number of nitrogens with zero attached hydrogens (tertiary/aromatic N) is 1. The Kier molecular flexibility index (Phi) is 4.26. The Labute approximate surface area is 117 Å². The van der Waals surface area contributed by atoms with Crippen molar-refractivity contribution in [2.45, 2.75) is 18.5 Å². The number of benzene rings is 1. The van der Waals surface area contributed by atoms with Crippen LogP contribution in [0.25, 0.3) is 0 Å². The van der Waals surface area contributed by atoms with Crippen LogP contribution in [0.4, 0.5) is 0 Å². The summed E-state index contributed by atoms with van der Waals surface area (Å²) in [4.78, 5) is 15.3. The summed E-state index contributed by atoms with van der Waals surface area (Å²) in [7, 11) is -3.82. The van der Waals surface area contributed by atoms with Gasteiger partial charge in [-0.25, -0.2) is 18.1 Å². The lowest BCUT2D eigenvalue weighted by atomic mass is 10.2. The third-order valence-corrected chi connectivity index (χ3v) is 4.07. The summed E-state index contributed by atoms with van der Waals surface area (Å²) < 4.78 is 26.9. The molecule has 1 heterocycles. The molecule has 2 aromatic rings. The van der Waals surface area contributed by atoms with Gasteiger partial charge in [-0.05, 0) is 24.6 Å². The van der Waals surface area contributed by atoms with E-state index in [4.69, 9.17) is 0 Å². The fourth-order valence-corrected chi connectivity index (χ4v) is 2.91. The molecule has 1 aromatic heterocycles. The van der Waals surface area contributed by atoms with E-state index in [1.54, 1.807) is 0 Å². The van der Waals surface area contributed by atoms with E-state index in [-0.39, 0.29) is 22.9 Å². The lowest BCUT2D eigenvalue weighted by Gasteiger charge is -2.08. The maximum atomic E-state index is 12.2. The monoisotopic (exact) mass is 290 g/mol. The van der Waals surface area contributed by atoms with Crippen molar-refractivity contribution < 1.29 is 13.2 Å². The molecule has 0 radical (unpaired) electrons. The fourth-order valence-electron chi connectivity index (χ4n) is 1.72. The summed E-state index contributed by atoms with van der Waals surface area (Å²) in [6.45, 7) is 1.46. The smallest absolute Gasteiger partial charge is 0.259 e. The number of aromatic nitrogens is 1. The second-order valence-electron chi connectivity index (χ2n) is 4.22. The number of rotatable bonds is 5. The van der Waals surface area contributed by atoms with Gasteiger partial charge in [-0.2, -0.15) is 0 Å². The Morgan fingerprint density at radius 2 is 1.85 bits per heavy atom. The maximum absolute atomic E-state index is 12.2. The molecule has 6 heteroatoms. The van der Waals surface area contributed by atoms with Gasteiger partial charge in [0.2, 0.25) is 0 Å². The second kappa shape index (κ2) is 5.94. The zero-order chi connectivity index (χ0) is 14.6. The number of nitrogens with one attached hydrogen (secondary N) is 1. The summed E-state index contributed by atoms with van der Waals surface area (Å²) >= 11 is 0. The minimum Gasteiger partial charge on any atom is -0.294 e. The lowest BCUT2D eigenvalue weighted by Crippen LogP contribution is -2.26. The van der Waals surface area contributed by atoms with Gasteiger partial charge >= 0.3 is 0 Å². The van der Waals surface area contributed by atoms with Crippen molar-refractivity contribution in [2.75, 3.05) is 0 Å². The predicted octanol–water partition coefficient (Wildman–Crippen LogP) is 1.76. The molecule has 0 bridgehead atoms. The van der Waals surface area contributed by atoms with E-state index in [0.29, 0.717) is 0 Å². The summed E-state index contributed by atoms with van der Waals surface area (Å²) in [6, 6.07) is 12.1. The molecule has 20 heavy (non-hydrogen) atoms. The number of ketones is 1. The van der Waals surface area contributed by atoms with Gasteiger partial charge in [-0.1, -0.05) is 30.3 Å². The number of Topliss-reactive ketones (excluding diaryl/α,β-unsaturated/α-hetero) is 1. The summed E-state index contributed by atoms with van der Waals surface area (Å²) in [5.74, 6) is -0.335. The van der Waals surface area contributed by atoms with Crippen LogP contribution in [-0.4, -0.2) is 19.2 Å². The highest BCUT2D eigenvalue weighted by atomic mass is 32.2. The third-order valence-electron chi connectivity index (χ3n) is 2.71. The topological polar surface area (TPSA) is 76.1 Å². The van der Waals surface area contributed by atoms with E-state index in [0.717, 1.165) is 5.56 Å². The van der Waals surface area contributed by atoms with Crippen LogP contribution in [0.1, 0.15) is 22.8 Å². The molecule has 0 aliphatic rings. The molecule has 1 N–H and O–H groups in total. The number of hydrogen-bond donors (Lipinski definition) is 1. The minimum absolute atomic E-state index is 0.0908. The Bertz CT molecular complexity index is 712. The Morgan fingerprint density at radius 3 is 2.50 bits per heavy atom. The number of carbonyl (C=O) groups is 1. The van der Waals surface area contributed by atoms with Gasteiger partial charge in [0.1, 0.15) is 0 Å². The largest absolute Gasteiger partial charge is 0.294 e. The van der Waals surface area contributed by atoms with Crippen LogP contribution in [0, 0.1) is 0 Å². The van der Waals surface area contributed by atoms with Gasteiger partial charge in [0, 0.05) is 12.7 Å². The van der Waals surface area contributed by atoms with Crippen LogP contribution < -0.4 is 4.72 Å². The number of carbonyl (C=O) groups excluding carboxylic acids is 1. The number of hydrogen-bond acceptors (Lipinski definition) is 4. The highest BCUT2D eigenvalue weighted by molar-refractivity contribution is 7.89. The average Bonchev–Trinajstić information content (AvgIpc) is 2.46. The highest BCUT2D eigenvalue weighted by Gasteiger charge is 2.21. The van der Waals surface area contributed by atoms with Gasteiger partial charge in [0.15, 0.2) is 10.8 Å². The summed E-state index contributed by atoms with van der Waals surface area (Å²) in [6.07, 6.45) is 1.35. The van der Waals surface area contributed by atoms with Crippen LogP contribution in [0.3, 0.4) is 0 Å². The first-order valence-corrected chi connectivity index (χ1v) is 7.48. The Balaban J connectivity index is 2.25. The van der Waals surface area contributed by atoms with Crippen LogP contribution in [0.5, 0.6) is 0 Å². The molecule has 0 amide bonds. The second-order valence-corrected chi connectivity index (χ2v) is 5.90. The van der Waals surface area contributed by atoms with Crippen molar-refractivity contribution in [3.63, 3.8) is 0 Å². The van der Waals surface area contributed by atoms with Crippen LogP contribution >= 0.6 is 0 Å². The van der Waals surface area contributed by atoms with Crippen molar-refractivity contribution in [1.29, 1.82) is 0 Å². The van der Waals surface area contributed by atoms with Crippen LogP contribution in [0.15, 0.2) is 53.7 Å². The van der Waals surface area contributed by atoms with Gasteiger partial charge in [0.05, 0.1) is 5.56 Å². The highest BCUT2D eigenvalue weighted by Crippen LogP contribution is 2.13. The van der Waals surface area contributed by atoms with E-state index in [1.807, 2.05) is 30.3 Å². The zero-order valence-electron chi connectivity index (χ0n) is 10.9. The number of sulfonamides is 1. The Hall–Kier alpha value is -2.05. The van der Waals surface area contributed by atoms with Crippen molar-refractivity contribution in [3.8, 4) is 0 Å². The van der Waals surface area contributed by atoms with Crippen LogP contribution in [-0.2, 0) is 16.6 Å². The molecule has 0 spiro atoms.